The van der Waals surface area contributed by atoms with Crippen LogP contribution in [-0.2, 0) is 10.1 Å². The van der Waals surface area contributed by atoms with Gasteiger partial charge in [-0.1, -0.05) is 35.3 Å². The van der Waals surface area contributed by atoms with Gasteiger partial charge in [-0.2, -0.15) is 21.6 Å². The van der Waals surface area contributed by atoms with E-state index in [2.05, 4.69) is 0 Å². The van der Waals surface area contributed by atoms with E-state index in [1.807, 2.05) is 0 Å². The first kappa shape index (κ1) is 19.9. The summed E-state index contributed by atoms with van der Waals surface area (Å²) in [5.74, 6) is -0.722. The van der Waals surface area contributed by atoms with Crippen molar-refractivity contribution in [2.75, 3.05) is 5.75 Å². The molecule has 0 N–H and O–H groups in total. The molecular formula is C16H13Cl2F3O3S. The molecule has 0 aliphatic carbocycles. The SMILES string of the molecule is O=S(=O)(CCCC(F)(F)F)Oc1cccc(-c2cc(Cl)cc(Cl)c2)c1. The Morgan fingerprint density at radius 1 is 0.960 bits per heavy atom. The maximum absolute atomic E-state index is 12.1. The number of halogens is 5. The second kappa shape index (κ2) is 7.85. The van der Waals surface area contributed by atoms with Crippen LogP contribution in [0.4, 0.5) is 13.2 Å². The Balaban J connectivity index is 2.13. The predicted octanol–water partition coefficient (Wildman–Crippen LogP) is 5.71. The topological polar surface area (TPSA) is 43.4 Å². The minimum atomic E-state index is -4.40. The van der Waals surface area contributed by atoms with E-state index in [0.717, 1.165) is 0 Å². The fraction of sp³-hybridized carbons (Fsp3) is 0.250. The molecule has 2 aromatic carbocycles. The van der Waals surface area contributed by atoms with Gasteiger partial charge in [0.1, 0.15) is 5.75 Å². The lowest BCUT2D eigenvalue weighted by Gasteiger charge is -2.10. The van der Waals surface area contributed by atoms with Gasteiger partial charge in [-0.05, 0) is 47.9 Å². The predicted molar refractivity (Wildman–Crippen MR) is 91.6 cm³/mol. The monoisotopic (exact) mass is 412 g/mol. The number of benzene rings is 2. The minimum absolute atomic E-state index is 0.000562. The number of hydrogen-bond donors (Lipinski definition) is 0. The summed E-state index contributed by atoms with van der Waals surface area (Å²) in [6, 6.07) is 10.9. The second-order valence-electron chi connectivity index (χ2n) is 5.25. The molecule has 2 aromatic rings. The third kappa shape index (κ3) is 6.76. The van der Waals surface area contributed by atoms with Crippen molar-refractivity contribution < 1.29 is 25.8 Å². The molecule has 0 fully saturated rings. The Kier molecular flexibility index (Phi) is 6.24. The molecule has 0 amide bonds. The van der Waals surface area contributed by atoms with Crippen molar-refractivity contribution >= 4 is 33.3 Å². The standard InChI is InChI=1S/C16H13Cl2F3O3S/c17-13-7-12(8-14(18)10-13)11-3-1-4-15(9-11)24-25(22,23)6-2-5-16(19,20)21/h1,3-4,7-10H,2,5-6H2. The molecule has 0 bridgehead atoms. The first-order chi connectivity index (χ1) is 11.5. The van der Waals surface area contributed by atoms with Crippen LogP contribution in [0.1, 0.15) is 12.8 Å². The van der Waals surface area contributed by atoms with Crippen LogP contribution >= 0.6 is 23.2 Å². The smallest absolute Gasteiger partial charge is 0.382 e. The summed E-state index contributed by atoms with van der Waals surface area (Å²) in [6.07, 6.45) is -6.15. The summed E-state index contributed by atoms with van der Waals surface area (Å²) in [7, 11) is -4.12. The van der Waals surface area contributed by atoms with Crippen LogP contribution in [0.3, 0.4) is 0 Å². The first-order valence-electron chi connectivity index (χ1n) is 7.09. The average molecular weight is 413 g/mol. The average Bonchev–Trinajstić information content (AvgIpc) is 2.44. The Morgan fingerprint density at radius 2 is 1.60 bits per heavy atom. The fourth-order valence-electron chi connectivity index (χ4n) is 2.09. The molecule has 0 spiro atoms. The summed E-state index contributed by atoms with van der Waals surface area (Å²) >= 11 is 11.9. The number of rotatable bonds is 6. The normalized spacial score (nSPS) is 12.2. The molecule has 0 aliphatic heterocycles. The first-order valence-corrected chi connectivity index (χ1v) is 9.43. The molecule has 0 atom stereocenters. The highest BCUT2D eigenvalue weighted by molar-refractivity contribution is 7.87. The highest BCUT2D eigenvalue weighted by Crippen LogP contribution is 2.30. The lowest BCUT2D eigenvalue weighted by Crippen LogP contribution is -2.16. The Bertz CT molecular complexity index is 832. The highest BCUT2D eigenvalue weighted by atomic mass is 35.5. The summed E-state index contributed by atoms with van der Waals surface area (Å²) in [5, 5.41) is 0.821. The molecular weight excluding hydrogens is 400 g/mol. The van der Waals surface area contributed by atoms with E-state index in [0.29, 0.717) is 21.2 Å². The third-order valence-corrected chi connectivity index (χ3v) is 4.78. The molecule has 136 valence electrons. The molecule has 25 heavy (non-hydrogen) atoms. The highest BCUT2D eigenvalue weighted by Gasteiger charge is 2.27. The van der Waals surface area contributed by atoms with E-state index in [-0.39, 0.29) is 5.75 Å². The molecule has 2 rings (SSSR count). The van der Waals surface area contributed by atoms with Crippen LogP contribution < -0.4 is 4.18 Å². The van der Waals surface area contributed by atoms with Crippen molar-refractivity contribution in [3.63, 3.8) is 0 Å². The second-order valence-corrected chi connectivity index (χ2v) is 7.81. The lowest BCUT2D eigenvalue weighted by atomic mass is 10.1. The van der Waals surface area contributed by atoms with Crippen molar-refractivity contribution in [3.8, 4) is 16.9 Å². The zero-order valence-corrected chi connectivity index (χ0v) is 15.0. The van der Waals surface area contributed by atoms with Crippen molar-refractivity contribution in [3.05, 3.63) is 52.5 Å². The Labute approximate surface area is 153 Å². The van der Waals surface area contributed by atoms with Crippen molar-refractivity contribution in [2.45, 2.75) is 19.0 Å². The maximum atomic E-state index is 12.1. The Hall–Kier alpha value is -1.44. The van der Waals surface area contributed by atoms with E-state index < -0.39 is 34.9 Å². The van der Waals surface area contributed by atoms with E-state index in [1.165, 1.54) is 12.1 Å². The van der Waals surface area contributed by atoms with Gasteiger partial charge in [0.25, 0.3) is 0 Å². The van der Waals surface area contributed by atoms with Crippen LogP contribution in [0.2, 0.25) is 10.0 Å². The van der Waals surface area contributed by atoms with E-state index in [4.69, 9.17) is 27.4 Å². The van der Waals surface area contributed by atoms with Gasteiger partial charge in [0.15, 0.2) is 0 Å². The van der Waals surface area contributed by atoms with Crippen molar-refractivity contribution in [1.29, 1.82) is 0 Å². The molecule has 0 radical (unpaired) electrons. The van der Waals surface area contributed by atoms with Crippen LogP contribution in [-0.4, -0.2) is 20.3 Å². The molecule has 0 aromatic heterocycles. The van der Waals surface area contributed by atoms with Gasteiger partial charge in [0.05, 0.1) is 5.75 Å². The van der Waals surface area contributed by atoms with E-state index in [9.17, 15) is 21.6 Å². The largest absolute Gasteiger partial charge is 0.389 e. The molecule has 0 aliphatic rings. The van der Waals surface area contributed by atoms with Crippen LogP contribution in [0.15, 0.2) is 42.5 Å². The van der Waals surface area contributed by atoms with Crippen molar-refractivity contribution in [1.82, 2.24) is 0 Å². The molecule has 0 saturated carbocycles. The van der Waals surface area contributed by atoms with Gasteiger partial charge in [-0.15, -0.1) is 0 Å². The van der Waals surface area contributed by atoms with Gasteiger partial charge in [-0.3, -0.25) is 0 Å². The number of hydrogen-bond acceptors (Lipinski definition) is 3. The van der Waals surface area contributed by atoms with Gasteiger partial charge in [-0.25, -0.2) is 0 Å². The number of alkyl halides is 3. The molecule has 0 unspecified atom stereocenters. The fourth-order valence-corrected chi connectivity index (χ4v) is 3.59. The Morgan fingerprint density at radius 3 is 2.20 bits per heavy atom. The zero-order chi connectivity index (χ0) is 18.7. The summed E-state index contributed by atoms with van der Waals surface area (Å²) < 4.78 is 64.8. The van der Waals surface area contributed by atoms with Crippen LogP contribution in [0.25, 0.3) is 11.1 Å². The summed E-state index contributed by atoms with van der Waals surface area (Å²) in [5.41, 5.74) is 1.25. The lowest BCUT2D eigenvalue weighted by molar-refractivity contribution is -0.134. The van der Waals surface area contributed by atoms with Gasteiger partial charge < -0.3 is 4.18 Å². The van der Waals surface area contributed by atoms with E-state index >= 15 is 0 Å². The van der Waals surface area contributed by atoms with E-state index in [1.54, 1.807) is 30.3 Å². The third-order valence-electron chi connectivity index (χ3n) is 3.11. The molecule has 3 nitrogen and oxygen atoms in total. The van der Waals surface area contributed by atoms with Gasteiger partial charge in [0.2, 0.25) is 0 Å². The summed E-state index contributed by atoms with van der Waals surface area (Å²) in [6.45, 7) is 0. The van der Waals surface area contributed by atoms with Crippen LogP contribution in [0, 0.1) is 0 Å². The van der Waals surface area contributed by atoms with Crippen LogP contribution in [0.5, 0.6) is 5.75 Å². The van der Waals surface area contributed by atoms with Gasteiger partial charge in [0, 0.05) is 16.5 Å². The van der Waals surface area contributed by atoms with Gasteiger partial charge >= 0.3 is 16.3 Å². The maximum Gasteiger partial charge on any atom is 0.389 e. The van der Waals surface area contributed by atoms with Crippen molar-refractivity contribution in [2.24, 2.45) is 0 Å². The minimum Gasteiger partial charge on any atom is -0.382 e. The molecule has 0 heterocycles. The quantitative estimate of drug-likeness (QED) is 0.570. The summed E-state index contributed by atoms with van der Waals surface area (Å²) in [4.78, 5) is 0. The molecule has 9 heteroatoms. The zero-order valence-electron chi connectivity index (χ0n) is 12.7. The molecule has 0 saturated heterocycles.